The predicted molar refractivity (Wildman–Crippen MR) is 158 cm³/mol. The molecule has 7 nitrogen and oxygen atoms in total. The molecule has 5 rings (SSSR count). The average molecular weight is 612 g/mol. The summed E-state index contributed by atoms with van der Waals surface area (Å²) in [5.74, 6) is -0.277. The van der Waals surface area contributed by atoms with Crippen molar-refractivity contribution in [1.29, 1.82) is 0 Å². The molecule has 2 aliphatic heterocycles. The van der Waals surface area contributed by atoms with Gasteiger partial charge in [-0.3, -0.25) is 0 Å². The molecule has 0 saturated carbocycles. The van der Waals surface area contributed by atoms with Crippen molar-refractivity contribution >= 4 is 40.0 Å². The van der Waals surface area contributed by atoms with E-state index >= 15 is 0 Å². The van der Waals surface area contributed by atoms with Gasteiger partial charge in [0, 0.05) is 22.9 Å². The molecule has 1 fully saturated rings. The summed E-state index contributed by atoms with van der Waals surface area (Å²) < 4.78 is 34.9. The van der Waals surface area contributed by atoms with Crippen LogP contribution in [-0.4, -0.2) is 57.8 Å². The maximum absolute atomic E-state index is 13.5. The lowest BCUT2D eigenvalue weighted by Gasteiger charge is -2.36. The highest BCUT2D eigenvalue weighted by atomic mass is 79.9. The van der Waals surface area contributed by atoms with Crippen LogP contribution < -0.4 is 0 Å². The van der Waals surface area contributed by atoms with Crippen molar-refractivity contribution in [1.82, 2.24) is 14.7 Å². The number of hydrogen-bond acceptors (Lipinski definition) is 5. The quantitative estimate of drug-likeness (QED) is 0.290. The lowest BCUT2D eigenvalue weighted by Crippen LogP contribution is -2.45. The van der Waals surface area contributed by atoms with Crippen LogP contribution in [0.5, 0.6) is 0 Å². The number of carbonyl (C=O) groups is 1. The van der Waals surface area contributed by atoms with Gasteiger partial charge in [0.05, 0.1) is 28.6 Å². The standard InChI is InChI=1S/C30H36BBrFN3O4/c1-28(2,3)38-27(37)35-15-12-22(13-16-35)31-39-29(4,5)30(6,40-31)14-11-20-18-26-21(17-25(20)32)19-34-36(26)24-9-7-23(33)8-10-24/h7-10,12,17-19H,11,13-16H2,1-6H3. The van der Waals surface area contributed by atoms with Crippen LogP contribution in [0.4, 0.5) is 9.18 Å². The number of fused-ring (bicyclic) bond motifs is 1. The number of carbonyl (C=O) groups excluding carboxylic acids is 1. The van der Waals surface area contributed by atoms with Crippen LogP contribution in [0.25, 0.3) is 16.6 Å². The summed E-state index contributed by atoms with van der Waals surface area (Å²) in [7, 11) is -0.452. The molecule has 0 spiro atoms. The highest BCUT2D eigenvalue weighted by molar-refractivity contribution is 9.10. The smallest absolute Gasteiger partial charge is 0.444 e. The summed E-state index contributed by atoms with van der Waals surface area (Å²) in [5, 5.41) is 5.53. The van der Waals surface area contributed by atoms with Crippen LogP contribution in [0.2, 0.25) is 0 Å². The van der Waals surface area contributed by atoms with Gasteiger partial charge in [-0.1, -0.05) is 22.0 Å². The lowest BCUT2D eigenvalue weighted by atomic mass is 9.74. The molecule has 40 heavy (non-hydrogen) atoms. The predicted octanol–water partition coefficient (Wildman–Crippen LogP) is 7.04. The Labute approximate surface area is 243 Å². The second-order valence-electron chi connectivity index (χ2n) is 12.3. The number of rotatable bonds is 5. The molecule has 10 heteroatoms. The molecule has 1 amide bonds. The maximum atomic E-state index is 13.5. The van der Waals surface area contributed by atoms with Gasteiger partial charge in [-0.05, 0) is 108 Å². The zero-order valence-electron chi connectivity index (χ0n) is 24.0. The number of aryl methyl sites for hydroxylation is 1. The summed E-state index contributed by atoms with van der Waals surface area (Å²) in [6.45, 7) is 12.9. The van der Waals surface area contributed by atoms with E-state index in [-0.39, 0.29) is 11.9 Å². The Morgan fingerprint density at radius 1 is 1.18 bits per heavy atom. The number of nitrogens with zero attached hydrogens (tertiary/aromatic N) is 3. The molecule has 0 aliphatic carbocycles. The molecule has 2 aromatic carbocycles. The fourth-order valence-corrected chi connectivity index (χ4v) is 5.70. The zero-order chi connectivity index (χ0) is 28.9. The molecule has 0 N–H and O–H groups in total. The van der Waals surface area contributed by atoms with Gasteiger partial charge in [0.15, 0.2) is 0 Å². The van der Waals surface area contributed by atoms with Gasteiger partial charge in [0.1, 0.15) is 11.4 Å². The topological polar surface area (TPSA) is 65.8 Å². The molecule has 0 radical (unpaired) electrons. The van der Waals surface area contributed by atoms with Gasteiger partial charge < -0.3 is 18.9 Å². The minimum Gasteiger partial charge on any atom is -0.444 e. The molecular weight excluding hydrogens is 576 g/mol. The molecular formula is C30H36BBrFN3O4. The van der Waals surface area contributed by atoms with E-state index in [1.54, 1.807) is 17.0 Å². The maximum Gasteiger partial charge on any atom is 0.490 e. The van der Waals surface area contributed by atoms with Crippen LogP contribution in [0.3, 0.4) is 0 Å². The van der Waals surface area contributed by atoms with Crippen LogP contribution in [0, 0.1) is 5.82 Å². The monoisotopic (exact) mass is 611 g/mol. The Balaban J connectivity index is 1.29. The van der Waals surface area contributed by atoms with Crippen molar-refractivity contribution in [3.63, 3.8) is 0 Å². The highest BCUT2D eigenvalue weighted by Crippen LogP contribution is 2.43. The van der Waals surface area contributed by atoms with E-state index in [4.69, 9.17) is 14.0 Å². The Bertz CT molecular complexity index is 1450. The first-order chi connectivity index (χ1) is 18.7. The SMILES string of the molecule is CC(C)(C)OC(=O)N1CC=C(B2OC(C)(C)C(C)(CCc3cc4c(cnn4-c4ccc(F)cc4)cc3Br)O2)CC1. The number of halogens is 2. The summed E-state index contributed by atoms with van der Waals surface area (Å²) in [4.78, 5) is 14.2. The van der Waals surface area contributed by atoms with E-state index in [0.717, 1.165) is 44.9 Å². The van der Waals surface area contributed by atoms with Gasteiger partial charge in [-0.25, -0.2) is 13.9 Å². The van der Waals surface area contributed by atoms with E-state index < -0.39 is 23.9 Å². The molecule has 3 heterocycles. The number of aromatic nitrogens is 2. The third-order valence-electron chi connectivity index (χ3n) is 7.92. The van der Waals surface area contributed by atoms with Crippen LogP contribution in [0.15, 0.2) is 58.6 Å². The van der Waals surface area contributed by atoms with E-state index in [0.29, 0.717) is 19.5 Å². The molecule has 1 atom stereocenters. The van der Waals surface area contributed by atoms with Crippen LogP contribution in [-0.2, 0) is 20.5 Å². The zero-order valence-corrected chi connectivity index (χ0v) is 25.5. The highest BCUT2D eigenvalue weighted by Gasteiger charge is 2.54. The first kappa shape index (κ1) is 28.8. The van der Waals surface area contributed by atoms with Crippen LogP contribution >= 0.6 is 15.9 Å². The van der Waals surface area contributed by atoms with E-state index in [1.165, 1.54) is 12.1 Å². The second kappa shape index (κ2) is 10.6. The Hall–Kier alpha value is -2.69. The average Bonchev–Trinajstić information content (AvgIpc) is 3.39. The summed E-state index contributed by atoms with van der Waals surface area (Å²) >= 11 is 3.75. The van der Waals surface area contributed by atoms with Gasteiger partial charge in [0.2, 0.25) is 0 Å². The minimum atomic E-state index is -0.535. The van der Waals surface area contributed by atoms with Crippen molar-refractivity contribution in [2.45, 2.75) is 77.6 Å². The molecule has 0 bridgehead atoms. The van der Waals surface area contributed by atoms with E-state index in [2.05, 4.69) is 53.9 Å². The van der Waals surface area contributed by atoms with Gasteiger partial charge >= 0.3 is 13.2 Å². The second-order valence-corrected chi connectivity index (χ2v) is 13.2. The Morgan fingerprint density at radius 3 is 2.55 bits per heavy atom. The van der Waals surface area contributed by atoms with E-state index in [9.17, 15) is 9.18 Å². The molecule has 1 unspecified atom stereocenters. The minimum absolute atomic E-state index is 0.277. The van der Waals surface area contributed by atoms with Crippen molar-refractivity contribution in [2.75, 3.05) is 13.1 Å². The fraction of sp³-hybridized carbons (Fsp3) is 0.467. The van der Waals surface area contributed by atoms with Crippen molar-refractivity contribution in [3.8, 4) is 5.69 Å². The fourth-order valence-electron chi connectivity index (χ4n) is 5.14. The number of ether oxygens (including phenoxy) is 1. The number of hydrogen-bond donors (Lipinski definition) is 0. The molecule has 3 aromatic rings. The molecule has 1 aromatic heterocycles. The first-order valence-corrected chi connectivity index (χ1v) is 14.5. The first-order valence-electron chi connectivity index (χ1n) is 13.7. The molecule has 1 saturated heterocycles. The Morgan fingerprint density at radius 2 is 1.90 bits per heavy atom. The summed E-state index contributed by atoms with van der Waals surface area (Å²) in [6.07, 6.45) is 5.71. The normalized spacial score (nSPS) is 21.1. The largest absolute Gasteiger partial charge is 0.490 e. The van der Waals surface area contributed by atoms with Gasteiger partial charge in [-0.15, -0.1) is 0 Å². The molecule has 212 valence electrons. The summed E-state index contributed by atoms with van der Waals surface area (Å²) in [6, 6.07) is 10.5. The number of amides is 1. The lowest BCUT2D eigenvalue weighted by molar-refractivity contribution is -0.0152. The third kappa shape index (κ3) is 5.85. The van der Waals surface area contributed by atoms with Crippen molar-refractivity contribution in [2.24, 2.45) is 0 Å². The van der Waals surface area contributed by atoms with Crippen molar-refractivity contribution in [3.05, 3.63) is 70.0 Å². The van der Waals surface area contributed by atoms with E-state index in [1.807, 2.05) is 37.7 Å². The Kier molecular flexibility index (Phi) is 7.65. The number of benzene rings is 2. The van der Waals surface area contributed by atoms with Crippen LogP contribution in [0.1, 0.15) is 59.9 Å². The third-order valence-corrected chi connectivity index (χ3v) is 8.66. The molecule has 2 aliphatic rings. The van der Waals surface area contributed by atoms with Gasteiger partial charge in [-0.2, -0.15) is 5.10 Å². The van der Waals surface area contributed by atoms with Gasteiger partial charge in [0.25, 0.3) is 0 Å². The summed E-state index contributed by atoms with van der Waals surface area (Å²) in [5.41, 5.74) is 2.37. The van der Waals surface area contributed by atoms with Crippen molar-refractivity contribution < 1.29 is 23.2 Å².